The lowest BCUT2D eigenvalue weighted by Gasteiger charge is -2.25. The van der Waals surface area contributed by atoms with Gasteiger partial charge in [0.1, 0.15) is 6.33 Å². The Bertz CT molecular complexity index is 315. The van der Waals surface area contributed by atoms with Crippen molar-refractivity contribution in [1.82, 2.24) is 14.9 Å². The number of hydrogen-bond donors (Lipinski definition) is 1. The summed E-state index contributed by atoms with van der Waals surface area (Å²) in [5.41, 5.74) is 1.15. The molecule has 1 N–H and O–H groups in total. The maximum absolute atomic E-state index is 9.45. The first-order valence-electron chi connectivity index (χ1n) is 5.91. The molecule has 2 unspecified atom stereocenters. The molecule has 0 saturated carbocycles. The van der Waals surface area contributed by atoms with Gasteiger partial charge in [-0.3, -0.25) is 4.90 Å². The summed E-state index contributed by atoms with van der Waals surface area (Å²) < 4.78 is 0. The van der Waals surface area contributed by atoms with Crippen LogP contribution in [0.4, 0.5) is 0 Å². The molecule has 2 atom stereocenters. The first-order valence-corrected chi connectivity index (χ1v) is 5.91. The van der Waals surface area contributed by atoms with Crippen LogP contribution in [0.5, 0.6) is 0 Å². The van der Waals surface area contributed by atoms with Crippen LogP contribution in [-0.2, 0) is 6.54 Å². The van der Waals surface area contributed by atoms with E-state index >= 15 is 0 Å². The maximum Gasteiger partial charge on any atom is 0.115 e. The average Bonchev–Trinajstić information content (AvgIpc) is 2.66. The molecule has 0 bridgehead atoms. The number of aliphatic hydroxyl groups excluding tert-OH is 1. The number of hydrogen-bond acceptors (Lipinski definition) is 4. The monoisotopic (exact) mass is 221 g/mol. The molecule has 16 heavy (non-hydrogen) atoms. The first kappa shape index (κ1) is 11.5. The maximum atomic E-state index is 9.45. The van der Waals surface area contributed by atoms with Crippen molar-refractivity contribution in [2.24, 2.45) is 0 Å². The smallest absolute Gasteiger partial charge is 0.115 e. The van der Waals surface area contributed by atoms with Gasteiger partial charge < -0.3 is 5.11 Å². The van der Waals surface area contributed by atoms with Crippen LogP contribution in [0.3, 0.4) is 0 Å². The lowest BCUT2D eigenvalue weighted by atomic mass is 10.1. The van der Waals surface area contributed by atoms with Crippen molar-refractivity contribution < 1.29 is 5.11 Å². The molecule has 2 heterocycles. The highest BCUT2D eigenvalue weighted by Crippen LogP contribution is 2.23. The fourth-order valence-corrected chi connectivity index (χ4v) is 2.41. The standard InChI is InChI=1S/C12H19N3O/c1-10(16)5-12-3-2-4-15(12)8-11-6-13-9-14-7-11/h6-7,9-10,12,16H,2-5,8H2,1H3. The van der Waals surface area contributed by atoms with Crippen LogP contribution in [0.2, 0.25) is 0 Å². The third kappa shape index (κ3) is 3.00. The van der Waals surface area contributed by atoms with E-state index in [1.54, 1.807) is 6.33 Å². The number of aliphatic hydroxyl groups is 1. The molecule has 1 aromatic heterocycles. The second-order valence-corrected chi connectivity index (χ2v) is 4.60. The largest absolute Gasteiger partial charge is 0.393 e. The van der Waals surface area contributed by atoms with Crippen LogP contribution in [0.15, 0.2) is 18.7 Å². The van der Waals surface area contributed by atoms with Gasteiger partial charge in [0.25, 0.3) is 0 Å². The number of rotatable bonds is 4. The molecule has 0 spiro atoms. The minimum atomic E-state index is -0.211. The molecule has 1 fully saturated rings. The van der Waals surface area contributed by atoms with Gasteiger partial charge in [0.2, 0.25) is 0 Å². The molecule has 4 nitrogen and oxygen atoms in total. The van der Waals surface area contributed by atoms with E-state index in [-0.39, 0.29) is 6.10 Å². The van der Waals surface area contributed by atoms with Crippen molar-refractivity contribution in [3.8, 4) is 0 Å². The summed E-state index contributed by atoms with van der Waals surface area (Å²) >= 11 is 0. The van der Waals surface area contributed by atoms with E-state index in [2.05, 4.69) is 14.9 Å². The molecule has 1 saturated heterocycles. The van der Waals surface area contributed by atoms with E-state index in [1.807, 2.05) is 19.3 Å². The van der Waals surface area contributed by atoms with Crippen LogP contribution in [0.25, 0.3) is 0 Å². The van der Waals surface area contributed by atoms with E-state index in [1.165, 1.54) is 12.8 Å². The Hall–Kier alpha value is -1.00. The third-order valence-corrected chi connectivity index (χ3v) is 3.11. The van der Waals surface area contributed by atoms with E-state index in [4.69, 9.17) is 0 Å². The Morgan fingerprint density at radius 3 is 2.94 bits per heavy atom. The van der Waals surface area contributed by atoms with Crippen LogP contribution in [0.1, 0.15) is 31.7 Å². The Balaban J connectivity index is 1.93. The molecule has 88 valence electrons. The van der Waals surface area contributed by atoms with Gasteiger partial charge in [-0.2, -0.15) is 0 Å². The number of aromatic nitrogens is 2. The lowest BCUT2D eigenvalue weighted by Crippen LogP contribution is -2.31. The van der Waals surface area contributed by atoms with Gasteiger partial charge in [0, 0.05) is 30.5 Å². The molecule has 1 aliphatic heterocycles. The summed E-state index contributed by atoms with van der Waals surface area (Å²) in [6, 6.07) is 0.514. The molecule has 1 aromatic rings. The van der Waals surface area contributed by atoms with Gasteiger partial charge in [0.15, 0.2) is 0 Å². The predicted molar refractivity (Wildman–Crippen MR) is 61.8 cm³/mol. The van der Waals surface area contributed by atoms with Gasteiger partial charge in [-0.25, -0.2) is 9.97 Å². The number of nitrogens with zero attached hydrogens (tertiary/aromatic N) is 3. The van der Waals surface area contributed by atoms with Gasteiger partial charge in [0.05, 0.1) is 6.10 Å². The zero-order chi connectivity index (χ0) is 11.4. The fraction of sp³-hybridized carbons (Fsp3) is 0.667. The summed E-state index contributed by atoms with van der Waals surface area (Å²) in [6.07, 6.45) is 8.37. The van der Waals surface area contributed by atoms with Crippen LogP contribution >= 0.6 is 0 Å². The molecule has 0 radical (unpaired) electrons. The third-order valence-electron chi connectivity index (χ3n) is 3.11. The average molecular weight is 221 g/mol. The molecule has 0 aliphatic carbocycles. The highest BCUT2D eigenvalue weighted by Gasteiger charge is 2.25. The molecule has 0 amide bonds. The highest BCUT2D eigenvalue weighted by atomic mass is 16.3. The van der Waals surface area contributed by atoms with Crippen LogP contribution in [0, 0.1) is 0 Å². The molecule has 4 heteroatoms. The fourth-order valence-electron chi connectivity index (χ4n) is 2.41. The van der Waals surface area contributed by atoms with Gasteiger partial charge in [-0.05, 0) is 32.7 Å². The zero-order valence-corrected chi connectivity index (χ0v) is 9.71. The Morgan fingerprint density at radius 1 is 1.50 bits per heavy atom. The van der Waals surface area contributed by atoms with Crippen molar-refractivity contribution in [2.75, 3.05) is 6.54 Å². The zero-order valence-electron chi connectivity index (χ0n) is 9.71. The summed E-state index contributed by atoms with van der Waals surface area (Å²) in [5.74, 6) is 0. The van der Waals surface area contributed by atoms with Crippen LogP contribution in [-0.4, -0.2) is 38.7 Å². The Kier molecular flexibility index (Phi) is 3.85. The molecular formula is C12H19N3O. The topological polar surface area (TPSA) is 49.2 Å². The van der Waals surface area contributed by atoms with E-state index in [9.17, 15) is 5.11 Å². The number of likely N-dealkylation sites (tertiary alicyclic amines) is 1. The second kappa shape index (κ2) is 5.37. The van der Waals surface area contributed by atoms with E-state index in [0.29, 0.717) is 6.04 Å². The minimum Gasteiger partial charge on any atom is -0.393 e. The summed E-state index contributed by atoms with van der Waals surface area (Å²) in [7, 11) is 0. The molecule has 0 aromatic carbocycles. The molecular weight excluding hydrogens is 202 g/mol. The second-order valence-electron chi connectivity index (χ2n) is 4.60. The highest BCUT2D eigenvalue weighted by molar-refractivity contribution is 5.03. The van der Waals surface area contributed by atoms with Crippen molar-refractivity contribution in [2.45, 2.75) is 44.9 Å². The van der Waals surface area contributed by atoms with Crippen molar-refractivity contribution in [3.63, 3.8) is 0 Å². The van der Waals surface area contributed by atoms with E-state index in [0.717, 1.165) is 25.1 Å². The molecule has 2 rings (SSSR count). The first-order chi connectivity index (χ1) is 7.75. The molecule has 1 aliphatic rings. The van der Waals surface area contributed by atoms with Crippen molar-refractivity contribution >= 4 is 0 Å². The predicted octanol–water partition coefficient (Wildman–Crippen LogP) is 1.21. The summed E-state index contributed by atoms with van der Waals surface area (Å²) in [5, 5.41) is 9.45. The Labute approximate surface area is 96.3 Å². The minimum absolute atomic E-state index is 0.211. The van der Waals surface area contributed by atoms with Gasteiger partial charge in [-0.1, -0.05) is 0 Å². The van der Waals surface area contributed by atoms with Crippen molar-refractivity contribution in [1.29, 1.82) is 0 Å². The van der Waals surface area contributed by atoms with Gasteiger partial charge >= 0.3 is 0 Å². The van der Waals surface area contributed by atoms with E-state index < -0.39 is 0 Å². The summed E-state index contributed by atoms with van der Waals surface area (Å²) in [4.78, 5) is 10.5. The lowest BCUT2D eigenvalue weighted by molar-refractivity contribution is 0.130. The van der Waals surface area contributed by atoms with Gasteiger partial charge in [-0.15, -0.1) is 0 Å². The Morgan fingerprint density at radius 2 is 2.25 bits per heavy atom. The van der Waals surface area contributed by atoms with Crippen molar-refractivity contribution in [3.05, 3.63) is 24.3 Å². The quantitative estimate of drug-likeness (QED) is 0.830. The SMILES string of the molecule is CC(O)CC1CCCN1Cc1cncnc1. The normalized spacial score (nSPS) is 23.5. The van der Waals surface area contributed by atoms with Crippen LogP contribution < -0.4 is 0 Å². The summed E-state index contributed by atoms with van der Waals surface area (Å²) in [6.45, 7) is 3.88.